The maximum atomic E-state index is 11.2. The number of aliphatic carboxylic acids is 1. The average molecular weight is 293 g/mol. The first-order valence-electron chi connectivity index (χ1n) is 5.59. The minimum Gasteiger partial charge on any atom is -0.478 e. The number of carboxylic acid groups (broad SMARTS) is 2. The van der Waals surface area contributed by atoms with Gasteiger partial charge in [0.2, 0.25) is 0 Å². The van der Waals surface area contributed by atoms with Gasteiger partial charge in [-0.2, -0.15) is 0 Å². The molecule has 1 heterocycles. The Kier molecular flexibility index (Phi) is 3.77. The molecular weight excluding hydrogens is 282 g/mol. The fourth-order valence-corrected chi connectivity index (χ4v) is 2.56. The van der Waals surface area contributed by atoms with Gasteiger partial charge in [0.25, 0.3) is 0 Å². The second-order valence-electron chi connectivity index (χ2n) is 4.03. The Bertz CT molecular complexity index is 721. The van der Waals surface area contributed by atoms with Crippen LogP contribution in [0.2, 0.25) is 0 Å². The van der Waals surface area contributed by atoms with Crippen LogP contribution in [0.3, 0.4) is 0 Å². The molecule has 2 aromatic rings. The van der Waals surface area contributed by atoms with Gasteiger partial charge in [0.15, 0.2) is 5.71 Å². The molecule has 8 heteroatoms. The normalized spacial score (nSPS) is 13.4. The van der Waals surface area contributed by atoms with E-state index >= 15 is 0 Å². The molecular formula is C12H11N3O4S. The minimum absolute atomic E-state index is 0.119. The summed E-state index contributed by atoms with van der Waals surface area (Å²) in [4.78, 5) is 30.0. The number of thiazole rings is 1. The summed E-state index contributed by atoms with van der Waals surface area (Å²) in [5.41, 5.74) is 5.89. The molecule has 0 radical (unpaired) electrons. The van der Waals surface area contributed by atoms with E-state index in [4.69, 9.17) is 15.9 Å². The third-order valence-electron chi connectivity index (χ3n) is 2.37. The molecule has 0 spiro atoms. The third-order valence-corrected chi connectivity index (χ3v) is 3.40. The fourth-order valence-electron chi connectivity index (χ4n) is 1.56. The first-order chi connectivity index (χ1) is 9.38. The van der Waals surface area contributed by atoms with Crippen LogP contribution in [0.4, 0.5) is 0 Å². The van der Waals surface area contributed by atoms with Gasteiger partial charge in [-0.3, -0.25) is 4.99 Å². The number of benzene rings is 1. The second-order valence-corrected chi connectivity index (χ2v) is 5.06. The lowest BCUT2D eigenvalue weighted by atomic mass is 10.2. The summed E-state index contributed by atoms with van der Waals surface area (Å²) in [6.45, 7) is 1.55. The first kappa shape index (κ1) is 14.1. The van der Waals surface area contributed by atoms with Gasteiger partial charge in [0.1, 0.15) is 5.01 Å². The smallest absolute Gasteiger partial charge is 0.357 e. The molecule has 0 saturated heterocycles. The molecule has 104 valence electrons. The van der Waals surface area contributed by atoms with Crippen molar-refractivity contribution in [2.45, 2.75) is 13.1 Å². The molecule has 1 atom stereocenters. The van der Waals surface area contributed by atoms with Gasteiger partial charge >= 0.3 is 11.9 Å². The van der Waals surface area contributed by atoms with E-state index in [1.54, 1.807) is 6.92 Å². The SMILES string of the molecule is CC(N)N=C(C(=O)O)c1nc2ccc(C(=O)O)cc2s1. The summed E-state index contributed by atoms with van der Waals surface area (Å²) in [5.74, 6) is -2.27. The molecule has 0 aliphatic carbocycles. The lowest BCUT2D eigenvalue weighted by molar-refractivity contribution is -0.129. The van der Waals surface area contributed by atoms with Gasteiger partial charge in [-0.05, 0) is 25.1 Å². The molecule has 7 nitrogen and oxygen atoms in total. The lowest BCUT2D eigenvalue weighted by Gasteiger charge is -1.99. The monoisotopic (exact) mass is 293 g/mol. The van der Waals surface area contributed by atoms with Crippen LogP contribution in [0.15, 0.2) is 23.2 Å². The van der Waals surface area contributed by atoms with Crippen LogP contribution in [0.1, 0.15) is 22.3 Å². The average Bonchev–Trinajstić information content (AvgIpc) is 2.77. The topological polar surface area (TPSA) is 126 Å². The second kappa shape index (κ2) is 5.35. The standard InChI is InChI=1S/C12H11N3O4S/c1-5(13)14-9(12(18)19)10-15-7-3-2-6(11(16)17)4-8(7)20-10/h2-5H,13H2,1H3,(H,16,17)(H,18,19). The van der Waals surface area contributed by atoms with Gasteiger partial charge < -0.3 is 15.9 Å². The zero-order valence-corrected chi connectivity index (χ0v) is 11.2. The molecule has 0 bridgehead atoms. The van der Waals surface area contributed by atoms with Crippen molar-refractivity contribution in [3.8, 4) is 0 Å². The van der Waals surface area contributed by atoms with Crippen molar-refractivity contribution in [3.63, 3.8) is 0 Å². The van der Waals surface area contributed by atoms with Crippen LogP contribution in [0.5, 0.6) is 0 Å². The van der Waals surface area contributed by atoms with Crippen molar-refractivity contribution in [2.75, 3.05) is 0 Å². The van der Waals surface area contributed by atoms with E-state index in [1.165, 1.54) is 18.2 Å². The molecule has 0 amide bonds. The summed E-state index contributed by atoms with van der Waals surface area (Å²) < 4.78 is 0.582. The van der Waals surface area contributed by atoms with E-state index in [0.29, 0.717) is 10.2 Å². The molecule has 1 aromatic heterocycles. The minimum atomic E-state index is -1.22. The van der Waals surface area contributed by atoms with Gasteiger partial charge in [-0.1, -0.05) is 0 Å². The molecule has 0 fully saturated rings. The van der Waals surface area contributed by atoms with Gasteiger partial charge in [0.05, 0.1) is 21.9 Å². The van der Waals surface area contributed by atoms with Crippen LogP contribution < -0.4 is 5.73 Å². The summed E-state index contributed by atoms with van der Waals surface area (Å²) in [6, 6.07) is 4.39. The zero-order chi connectivity index (χ0) is 14.9. The molecule has 0 saturated carbocycles. The number of aliphatic imine (C=N–C) groups is 1. The predicted octanol–water partition coefficient (Wildman–Crippen LogP) is 1.17. The first-order valence-corrected chi connectivity index (χ1v) is 6.41. The van der Waals surface area contributed by atoms with Crippen molar-refractivity contribution in [2.24, 2.45) is 10.7 Å². The van der Waals surface area contributed by atoms with E-state index in [9.17, 15) is 9.59 Å². The van der Waals surface area contributed by atoms with Gasteiger partial charge in [0, 0.05) is 0 Å². The highest BCUT2D eigenvalue weighted by Crippen LogP contribution is 2.24. The van der Waals surface area contributed by atoms with Gasteiger partial charge in [-0.25, -0.2) is 14.6 Å². The number of carbonyl (C=O) groups is 2. The number of carboxylic acids is 2. The highest BCUT2D eigenvalue weighted by atomic mass is 32.1. The number of nitrogens with two attached hydrogens (primary N) is 1. The molecule has 0 aliphatic heterocycles. The molecule has 20 heavy (non-hydrogen) atoms. The summed E-state index contributed by atoms with van der Waals surface area (Å²) in [5, 5.41) is 18.2. The van der Waals surface area contributed by atoms with Crippen LogP contribution >= 0.6 is 11.3 Å². The Morgan fingerprint density at radius 2 is 2.10 bits per heavy atom. The van der Waals surface area contributed by atoms with Gasteiger partial charge in [-0.15, -0.1) is 11.3 Å². The number of fused-ring (bicyclic) bond motifs is 1. The van der Waals surface area contributed by atoms with E-state index in [-0.39, 0.29) is 16.3 Å². The van der Waals surface area contributed by atoms with Crippen molar-refractivity contribution >= 4 is 39.2 Å². The van der Waals surface area contributed by atoms with Crippen LogP contribution in [-0.4, -0.2) is 39.0 Å². The fraction of sp³-hybridized carbons (Fsp3) is 0.167. The number of aromatic carboxylic acids is 1. The van der Waals surface area contributed by atoms with Crippen LogP contribution in [-0.2, 0) is 4.79 Å². The summed E-state index contributed by atoms with van der Waals surface area (Å²) in [6.07, 6.45) is -0.664. The lowest BCUT2D eigenvalue weighted by Crippen LogP contribution is -2.21. The van der Waals surface area contributed by atoms with Crippen molar-refractivity contribution in [3.05, 3.63) is 28.8 Å². The molecule has 2 rings (SSSR count). The maximum Gasteiger partial charge on any atom is 0.357 e. The number of rotatable bonds is 4. The molecule has 4 N–H and O–H groups in total. The highest BCUT2D eigenvalue weighted by Gasteiger charge is 2.18. The Morgan fingerprint density at radius 1 is 1.40 bits per heavy atom. The Balaban J connectivity index is 2.55. The van der Waals surface area contributed by atoms with Crippen molar-refractivity contribution < 1.29 is 19.8 Å². The molecule has 1 aromatic carbocycles. The van der Waals surface area contributed by atoms with E-state index in [2.05, 4.69) is 9.98 Å². The Labute approximate surface area is 117 Å². The number of hydrogen-bond acceptors (Lipinski definition) is 6. The number of nitrogens with zero attached hydrogens (tertiary/aromatic N) is 2. The van der Waals surface area contributed by atoms with E-state index in [0.717, 1.165) is 11.3 Å². The summed E-state index contributed by atoms with van der Waals surface area (Å²) >= 11 is 1.07. The quantitative estimate of drug-likeness (QED) is 0.726. The number of aromatic nitrogens is 1. The largest absolute Gasteiger partial charge is 0.478 e. The Morgan fingerprint density at radius 3 is 2.65 bits per heavy atom. The van der Waals surface area contributed by atoms with Crippen molar-refractivity contribution in [1.29, 1.82) is 0 Å². The van der Waals surface area contributed by atoms with E-state index in [1.807, 2.05) is 0 Å². The summed E-state index contributed by atoms with van der Waals surface area (Å²) in [7, 11) is 0. The van der Waals surface area contributed by atoms with Crippen LogP contribution in [0.25, 0.3) is 10.2 Å². The third kappa shape index (κ3) is 2.81. The number of hydrogen-bond donors (Lipinski definition) is 3. The van der Waals surface area contributed by atoms with Crippen LogP contribution in [0, 0.1) is 0 Å². The molecule has 0 aliphatic rings. The zero-order valence-electron chi connectivity index (χ0n) is 10.4. The maximum absolute atomic E-state index is 11.2. The van der Waals surface area contributed by atoms with Crippen molar-refractivity contribution in [1.82, 2.24) is 4.98 Å². The Hall–Kier alpha value is -2.32. The predicted molar refractivity (Wildman–Crippen MR) is 74.4 cm³/mol. The highest BCUT2D eigenvalue weighted by molar-refractivity contribution is 7.21. The molecule has 1 unspecified atom stereocenters. The van der Waals surface area contributed by atoms with E-state index < -0.39 is 18.1 Å².